The van der Waals surface area contributed by atoms with Gasteiger partial charge in [-0.15, -0.1) is 0 Å². The molecular weight excluding hydrogens is 228 g/mol. The number of esters is 1. The second-order valence-corrected chi connectivity index (χ2v) is 5.05. The fraction of sp³-hybridized carbons (Fsp3) is 0.571. The molecule has 0 bridgehead atoms. The van der Waals surface area contributed by atoms with E-state index in [-0.39, 0.29) is 12.1 Å². The van der Waals surface area contributed by atoms with Gasteiger partial charge in [0.1, 0.15) is 11.8 Å². The first-order chi connectivity index (χ1) is 8.69. The van der Waals surface area contributed by atoms with Crippen LogP contribution in [0.1, 0.15) is 48.7 Å². The molecule has 4 heteroatoms. The van der Waals surface area contributed by atoms with Crippen molar-refractivity contribution < 1.29 is 9.53 Å². The van der Waals surface area contributed by atoms with Crippen LogP contribution in [0.2, 0.25) is 0 Å². The SMILES string of the molecule is CC1CCCC(OC(=O)c2ccc(CN)cn2)C1. The quantitative estimate of drug-likeness (QED) is 0.833. The molecule has 1 aromatic heterocycles. The van der Waals surface area contributed by atoms with Crippen LogP contribution in [-0.2, 0) is 11.3 Å². The summed E-state index contributed by atoms with van der Waals surface area (Å²) in [6.07, 6.45) is 5.98. The summed E-state index contributed by atoms with van der Waals surface area (Å²) >= 11 is 0. The molecule has 4 nitrogen and oxygen atoms in total. The van der Waals surface area contributed by atoms with Crippen molar-refractivity contribution in [1.82, 2.24) is 4.98 Å². The second-order valence-electron chi connectivity index (χ2n) is 5.05. The summed E-state index contributed by atoms with van der Waals surface area (Å²) in [4.78, 5) is 16.0. The van der Waals surface area contributed by atoms with Crippen LogP contribution in [0, 0.1) is 5.92 Å². The molecule has 0 radical (unpaired) electrons. The lowest BCUT2D eigenvalue weighted by Gasteiger charge is -2.26. The Balaban J connectivity index is 1.94. The van der Waals surface area contributed by atoms with Gasteiger partial charge in [-0.25, -0.2) is 9.78 Å². The van der Waals surface area contributed by atoms with Crippen LogP contribution in [-0.4, -0.2) is 17.1 Å². The van der Waals surface area contributed by atoms with Crippen LogP contribution in [0.4, 0.5) is 0 Å². The molecule has 0 saturated heterocycles. The average molecular weight is 248 g/mol. The van der Waals surface area contributed by atoms with Crippen molar-refractivity contribution in [2.75, 3.05) is 0 Å². The van der Waals surface area contributed by atoms with Crippen molar-refractivity contribution in [1.29, 1.82) is 0 Å². The minimum absolute atomic E-state index is 0.0530. The number of ether oxygens (including phenoxy) is 1. The van der Waals surface area contributed by atoms with Crippen molar-refractivity contribution in [2.45, 2.75) is 45.3 Å². The number of pyridine rings is 1. The molecule has 0 spiro atoms. The van der Waals surface area contributed by atoms with E-state index in [1.165, 1.54) is 6.42 Å². The lowest BCUT2D eigenvalue weighted by Crippen LogP contribution is -2.25. The van der Waals surface area contributed by atoms with Gasteiger partial charge in [-0.2, -0.15) is 0 Å². The highest BCUT2D eigenvalue weighted by Crippen LogP contribution is 2.26. The van der Waals surface area contributed by atoms with Gasteiger partial charge in [0, 0.05) is 12.7 Å². The smallest absolute Gasteiger partial charge is 0.357 e. The molecule has 1 saturated carbocycles. The molecule has 2 unspecified atom stereocenters. The lowest BCUT2D eigenvalue weighted by atomic mass is 9.89. The molecule has 98 valence electrons. The largest absolute Gasteiger partial charge is 0.458 e. The van der Waals surface area contributed by atoms with Gasteiger partial charge >= 0.3 is 5.97 Å². The first-order valence-corrected chi connectivity index (χ1v) is 6.55. The van der Waals surface area contributed by atoms with Crippen molar-refractivity contribution in [3.05, 3.63) is 29.6 Å². The normalized spacial score (nSPS) is 23.7. The summed E-state index contributed by atoms with van der Waals surface area (Å²) in [5, 5.41) is 0. The number of carbonyl (C=O) groups is 1. The standard InChI is InChI=1S/C14H20N2O2/c1-10-3-2-4-12(7-10)18-14(17)13-6-5-11(8-15)9-16-13/h5-6,9-10,12H,2-4,7-8,15H2,1H3. The highest BCUT2D eigenvalue weighted by Gasteiger charge is 2.23. The number of nitrogens with two attached hydrogens (primary N) is 1. The van der Waals surface area contributed by atoms with Gasteiger partial charge < -0.3 is 10.5 Å². The van der Waals surface area contributed by atoms with Gasteiger partial charge in [0.25, 0.3) is 0 Å². The van der Waals surface area contributed by atoms with Gasteiger partial charge in [0.2, 0.25) is 0 Å². The van der Waals surface area contributed by atoms with E-state index in [4.69, 9.17) is 10.5 Å². The molecule has 2 atom stereocenters. The van der Waals surface area contributed by atoms with Crippen molar-refractivity contribution in [3.63, 3.8) is 0 Å². The maximum Gasteiger partial charge on any atom is 0.357 e. The van der Waals surface area contributed by atoms with Gasteiger partial charge in [-0.05, 0) is 36.8 Å². The average Bonchev–Trinajstić information content (AvgIpc) is 2.39. The third-order valence-corrected chi connectivity index (χ3v) is 3.43. The lowest BCUT2D eigenvalue weighted by molar-refractivity contribution is 0.0148. The minimum Gasteiger partial charge on any atom is -0.458 e. The van der Waals surface area contributed by atoms with E-state index in [1.807, 2.05) is 6.07 Å². The molecule has 2 rings (SSSR count). The first-order valence-electron chi connectivity index (χ1n) is 6.55. The van der Waals surface area contributed by atoms with Crippen molar-refractivity contribution in [2.24, 2.45) is 11.7 Å². The van der Waals surface area contributed by atoms with Crippen LogP contribution >= 0.6 is 0 Å². The summed E-state index contributed by atoms with van der Waals surface area (Å²) in [7, 11) is 0. The summed E-state index contributed by atoms with van der Waals surface area (Å²) in [5.41, 5.74) is 6.77. The van der Waals surface area contributed by atoms with E-state index in [0.717, 1.165) is 24.8 Å². The summed E-state index contributed by atoms with van der Waals surface area (Å²) in [5.74, 6) is 0.321. The highest BCUT2D eigenvalue weighted by atomic mass is 16.5. The Morgan fingerprint density at radius 1 is 1.50 bits per heavy atom. The van der Waals surface area contributed by atoms with E-state index < -0.39 is 0 Å². The molecule has 1 aliphatic carbocycles. The van der Waals surface area contributed by atoms with Crippen LogP contribution in [0.15, 0.2) is 18.3 Å². The summed E-state index contributed by atoms with van der Waals surface area (Å²) < 4.78 is 5.49. The number of aromatic nitrogens is 1. The van der Waals surface area contributed by atoms with Crippen LogP contribution in [0.25, 0.3) is 0 Å². The molecule has 0 aromatic carbocycles. The number of hydrogen-bond donors (Lipinski definition) is 1. The topological polar surface area (TPSA) is 65.2 Å². The Morgan fingerprint density at radius 3 is 2.94 bits per heavy atom. The minimum atomic E-state index is -0.322. The fourth-order valence-electron chi connectivity index (χ4n) is 2.36. The molecule has 1 heterocycles. The zero-order valence-electron chi connectivity index (χ0n) is 10.8. The third kappa shape index (κ3) is 3.29. The summed E-state index contributed by atoms with van der Waals surface area (Å²) in [6.45, 7) is 2.64. The molecule has 18 heavy (non-hydrogen) atoms. The first kappa shape index (κ1) is 13.0. The number of carbonyl (C=O) groups excluding carboxylic acids is 1. The fourth-order valence-corrected chi connectivity index (χ4v) is 2.36. The Labute approximate surface area is 108 Å². The van der Waals surface area contributed by atoms with Gasteiger partial charge in [0.05, 0.1) is 0 Å². The van der Waals surface area contributed by atoms with E-state index >= 15 is 0 Å². The van der Waals surface area contributed by atoms with Crippen LogP contribution < -0.4 is 5.73 Å². The molecule has 1 aromatic rings. The Morgan fingerprint density at radius 2 is 2.33 bits per heavy atom. The molecule has 0 aliphatic heterocycles. The number of rotatable bonds is 3. The molecule has 1 aliphatic rings. The van der Waals surface area contributed by atoms with Gasteiger partial charge in [-0.1, -0.05) is 19.4 Å². The Bertz CT molecular complexity index is 403. The molecular formula is C14H20N2O2. The van der Waals surface area contributed by atoms with E-state index in [1.54, 1.807) is 12.3 Å². The van der Waals surface area contributed by atoms with Crippen molar-refractivity contribution >= 4 is 5.97 Å². The predicted octanol–water partition coefficient (Wildman–Crippen LogP) is 2.28. The van der Waals surface area contributed by atoms with E-state index in [0.29, 0.717) is 18.2 Å². The number of hydrogen-bond acceptors (Lipinski definition) is 4. The van der Waals surface area contributed by atoms with Crippen LogP contribution in [0.3, 0.4) is 0 Å². The molecule has 1 fully saturated rings. The predicted molar refractivity (Wildman–Crippen MR) is 69.0 cm³/mol. The third-order valence-electron chi connectivity index (χ3n) is 3.43. The van der Waals surface area contributed by atoms with Crippen molar-refractivity contribution in [3.8, 4) is 0 Å². The zero-order valence-corrected chi connectivity index (χ0v) is 10.8. The van der Waals surface area contributed by atoms with Gasteiger partial charge in [0.15, 0.2) is 0 Å². The highest BCUT2D eigenvalue weighted by molar-refractivity contribution is 5.87. The Hall–Kier alpha value is -1.42. The molecule has 2 N–H and O–H groups in total. The van der Waals surface area contributed by atoms with E-state index in [9.17, 15) is 4.79 Å². The zero-order chi connectivity index (χ0) is 13.0. The Kier molecular flexibility index (Phi) is 4.31. The van der Waals surface area contributed by atoms with E-state index in [2.05, 4.69) is 11.9 Å². The van der Waals surface area contributed by atoms with Gasteiger partial charge in [-0.3, -0.25) is 0 Å². The monoisotopic (exact) mass is 248 g/mol. The maximum absolute atomic E-state index is 11.9. The maximum atomic E-state index is 11.9. The van der Waals surface area contributed by atoms with Crippen LogP contribution in [0.5, 0.6) is 0 Å². The summed E-state index contributed by atoms with van der Waals surface area (Å²) in [6, 6.07) is 3.49. The number of nitrogens with zero attached hydrogens (tertiary/aromatic N) is 1. The second kappa shape index (κ2) is 5.96. The molecule has 0 amide bonds.